The lowest BCUT2D eigenvalue weighted by Crippen LogP contribution is -2.40. The topological polar surface area (TPSA) is 84.1 Å². The predicted octanol–water partition coefficient (Wildman–Crippen LogP) is 3.00. The molecule has 1 aromatic heterocycles. The maximum absolute atomic E-state index is 12.4. The van der Waals surface area contributed by atoms with Gasteiger partial charge in [0.2, 0.25) is 5.91 Å². The number of para-hydroxylation sites is 2. The highest BCUT2D eigenvalue weighted by molar-refractivity contribution is 6.19. The predicted molar refractivity (Wildman–Crippen MR) is 94.1 cm³/mol. The van der Waals surface area contributed by atoms with E-state index in [9.17, 15) is 9.59 Å². The summed E-state index contributed by atoms with van der Waals surface area (Å²) in [4.78, 5) is 32.6. The van der Waals surface area contributed by atoms with E-state index in [1.807, 2.05) is 36.4 Å². The van der Waals surface area contributed by atoms with Crippen molar-refractivity contribution in [1.29, 1.82) is 0 Å². The number of nitrogens with one attached hydrogen (secondary N) is 2. The van der Waals surface area contributed by atoms with Gasteiger partial charge in [0.15, 0.2) is 5.41 Å². The van der Waals surface area contributed by atoms with Gasteiger partial charge in [-0.25, -0.2) is 4.98 Å². The van der Waals surface area contributed by atoms with Gasteiger partial charge in [-0.3, -0.25) is 9.59 Å². The summed E-state index contributed by atoms with van der Waals surface area (Å²) >= 11 is 0. The second-order valence-electron chi connectivity index (χ2n) is 6.16. The average molecular weight is 335 g/mol. The maximum Gasteiger partial charge on any atom is 0.326 e. The minimum atomic E-state index is -1.32. The maximum atomic E-state index is 12.4. The van der Waals surface area contributed by atoms with Gasteiger partial charge in [-0.05, 0) is 32.0 Å². The molecule has 0 bridgehead atoms. The zero-order valence-corrected chi connectivity index (χ0v) is 13.9. The van der Waals surface area contributed by atoms with Crippen LogP contribution in [0.1, 0.15) is 19.4 Å². The van der Waals surface area contributed by atoms with E-state index >= 15 is 0 Å². The number of hydrogen-bond donors (Lipinski definition) is 2. The van der Waals surface area contributed by atoms with Gasteiger partial charge in [0, 0.05) is 16.8 Å². The van der Waals surface area contributed by atoms with Crippen molar-refractivity contribution < 1.29 is 14.3 Å². The van der Waals surface area contributed by atoms with Gasteiger partial charge < -0.3 is 15.0 Å². The number of carbonyl (C=O) groups excluding carboxylic acids is 2. The fraction of sp³-hybridized carbons (Fsp3) is 0.211. The van der Waals surface area contributed by atoms with Crippen molar-refractivity contribution in [3.63, 3.8) is 0 Å². The minimum absolute atomic E-state index is 0.230. The number of ether oxygens (including phenoxy) is 1. The Kier molecular flexibility index (Phi) is 3.35. The lowest BCUT2D eigenvalue weighted by Gasteiger charge is -2.19. The van der Waals surface area contributed by atoms with E-state index in [1.54, 1.807) is 19.9 Å². The molecule has 0 spiro atoms. The van der Waals surface area contributed by atoms with Crippen LogP contribution in [0.4, 0.5) is 5.69 Å². The molecule has 0 aliphatic carbocycles. The monoisotopic (exact) mass is 335 g/mol. The summed E-state index contributed by atoms with van der Waals surface area (Å²) in [5.41, 5.74) is 2.56. The van der Waals surface area contributed by atoms with Crippen LogP contribution >= 0.6 is 0 Å². The number of H-pyrrole nitrogens is 1. The van der Waals surface area contributed by atoms with Crippen molar-refractivity contribution in [2.24, 2.45) is 0 Å². The number of aromatic nitrogens is 2. The summed E-state index contributed by atoms with van der Waals surface area (Å²) < 4.78 is 5.09. The molecule has 0 fully saturated rings. The van der Waals surface area contributed by atoms with Crippen LogP contribution in [0, 0.1) is 0 Å². The van der Waals surface area contributed by atoms with Crippen LogP contribution in [0.15, 0.2) is 42.5 Å². The Hall–Kier alpha value is -3.15. The Morgan fingerprint density at radius 3 is 2.80 bits per heavy atom. The number of amides is 1. The van der Waals surface area contributed by atoms with Crippen molar-refractivity contribution in [2.45, 2.75) is 19.3 Å². The van der Waals surface area contributed by atoms with Crippen LogP contribution in [-0.4, -0.2) is 28.5 Å². The average Bonchev–Trinajstić information content (AvgIpc) is 3.15. The van der Waals surface area contributed by atoms with Crippen LogP contribution in [-0.2, 0) is 19.7 Å². The normalized spacial score (nSPS) is 18.9. The number of aromatic amines is 1. The number of esters is 1. The van der Waals surface area contributed by atoms with Gasteiger partial charge in [0.1, 0.15) is 5.82 Å². The SMILES string of the molecule is CCOC(=O)C1(C)C(=O)Nc2cc(-c3nc4ccccc4[nH]3)ccc21. The third kappa shape index (κ3) is 2.21. The molecule has 2 N–H and O–H groups in total. The first-order valence-corrected chi connectivity index (χ1v) is 8.12. The molecule has 4 rings (SSSR count). The van der Waals surface area contributed by atoms with Gasteiger partial charge in [-0.1, -0.05) is 24.3 Å². The van der Waals surface area contributed by atoms with Crippen LogP contribution in [0.3, 0.4) is 0 Å². The van der Waals surface area contributed by atoms with E-state index in [4.69, 9.17) is 4.74 Å². The van der Waals surface area contributed by atoms with Gasteiger partial charge in [-0.15, -0.1) is 0 Å². The quantitative estimate of drug-likeness (QED) is 0.569. The van der Waals surface area contributed by atoms with Gasteiger partial charge >= 0.3 is 5.97 Å². The molecule has 6 heteroatoms. The van der Waals surface area contributed by atoms with Crippen LogP contribution in [0.25, 0.3) is 22.4 Å². The van der Waals surface area contributed by atoms with Crippen molar-refractivity contribution >= 4 is 28.6 Å². The van der Waals surface area contributed by atoms with Gasteiger partial charge in [-0.2, -0.15) is 0 Å². The van der Waals surface area contributed by atoms with Crippen molar-refractivity contribution in [1.82, 2.24) is 9.97 Å². The number of nitrogens with zero attached hydrogens (tertiary/aromatic N) is 1. The highest BCUT2D eigenvalue weighted by Crippen LogP contribution is 2.40. The molecule has 1 unspecified atom stereocenters. The number of benzene rings is 2. The molecule has 0 saturated heterocycles. The molecule has 1 aliphatic rings. The lowest BCUT2D eigenvalue weighted by atomic mass is 9.83. The molecular formula is C19H17N3O3. The molecule has 0 radical (unpaired) electrons. The second kappa shape index (κ2) is 5.44. The molecule has 6 nitrogen and oxygen atoms in total. The Bertz CT molecular complexity index is 975. The first kappa shape index (κ1) is 15.4. The first-order chi connectivity index (χ1) is 12.0. The Balaban J connectivity index is 1.78. The van der Waals surface area contributed by atoms with Crippen LogP contribution < -0.4 is 5.32 Å². The third-order valence-electron chi connectivity index (χ3n) is 4.61. The summed E-state index contributed by atoms with van der Waals surface area (Å²) in [5.74, 6) is -0.201. The van der Waals surface area contributed by atoms with Crippen LogP contribution in [0.5, 0.6) is 0 Å². The van der Waals surface area contributed by atoms with Gasteiger partial charge in [0.25, 0.3) is 0 Å². The Labute approximate surface area is 144 Å². The summed E-state index contributed by atoms with van der Waals surface area (Å²) in [6.45, 7) is 3.54. The third-order valence-corrected chi connectivity index (χ3v) is 4.61. The molecule has 2 heterocycles. The molecule has 1 atom stereocenters. The smallest absolute Gasteiger partial charge is 0.326 e. The summed E-state index contributed by atoms with van der Waals surface area (Å²) in [6, 6.07) is 13.2. The molecule has 126 valence electrons. The molecule has 2 aromatic carbocycles. The Morgan fingerprint density at radius 1 is 1.24 bits per heavy atom. The van der Waals surface area contributed by atoms with Crippen LogP contribution in [0.2, 0.25) is 0 Å². The number of imidazole rings is 1. The van der Waals surface area contributed by atoms with E-state index < -0.39 is 11.4 Å². The fourth-order valence-corrected chi connectivity index (χ4v) is 3.17. The van der Waals surface area contributed by atoms with E-state index in [0.29, 0.717) is 17.1 Å². The van der Waals surface area contributed by atoms with Crippen molar-refractivity contribution in [3.05, 3.63) is 48.0 Å². The van der Waals surface area contributed by atoms with Gasteiger partial charge in [0.05, 0.1) is 17.6 Å². The number of anilines is 1. The van der Waals surface area contributed by atoms with Crippen molar-refractivity contribution in [3.8, 4) is 11.4 Å². The molecule has 1 amide bonds. The second-order valence-corrected chi connectivity index (χ2v) is 6.16. The molecule has 25 heavy (non-hydrogen) atoms. The van der Waals surface area contributed by atoms with Crippen molar-refractivity contribution in [2.75, 3.05) is 11.9 Å². The number of fused-ring (bicyclic) bond motifs is 2. The van der Waals surface area contributed by atoms with E-state index in [1.165, 1.54) is 0 Å². The molecule has 3 aromatic rings. The first-order valence-electron chi connectivity index (χ1n) is 8.12. The molecule has 1 aliphatic heterocycles. The zero-order valence-electron chi connectivity index (χ0n) is 13.9. The number of hydrogen-bond acceptors (Lipinski definition) is 4. The number of rotatable bonds is 3. The molecule has 0 saturated carbocycles. The van der Waals surface area contributed by atoms with E-state index in [0.717, 1.165) is 16.6 Å². The highest BCUT2D eigenvalue weighted by atomic mass is 16.5. The zero-order chi connectivity index (χ0) is 17.6. The number of carbonyl (C=O) groups is 2. The minimum Gasteiger partial charge on any atom is -0.465 e. The summed E-state index contributed by atoms with van der Waals surface area (Å²) in [5, 5.41) is 2.79. The Morgan fingerprint density at radius 2 is 2.04 bits per heavy atom. The molecular weight excluding hydrogens is 318 g/mol. The summed E-state index contributed by atoms with van der Waals surface area (Å²) in [6.07, 6.45) is 0. The van der Waals surface area contributed by atoms with E-state index in [2.05, 4.69) is 15.3 Å². The lowest BCUT2D eigenvalue weighted by molar-refractivity contribution is -0.152. The fourth-order valence-electron chi connectivity index (χ4n) is 3.17. The largest absolute Gasteiger partial charge is 0.465 e. The van der Waals surface area contributed by atoms with E-state index in [-0.39, 0.29) is 12.5 Å². The highest BCUT2D eigenvalue weighted by Gasteiger charge is 2.50. The summed E-state index contributed by atoms with van der Waals surface area (Å²) in [7, 11) is 0. The standard InChI is InChI=1S/C19H17N3O3/c1-3-25-18(24)19(2)12-9-8-11(10-15(12)22-17(19)23)16-20-13-6-4-5-7-14(13)21-16/h4-10H,3H2,1-2H3,(H,20,21)(H,22,23).